The van der Waals surface area contributed by atoms with Crippen molar-refractivity contribution >= 4 is 35.4 Å². The molecule has 4 rings (SSSR count). The van der Waals surface area contributed by atoms with E-state index < -0.39 is 36.4 Å². The summed E-state index contributed by atoms with van der Waals surface area (Å²) in [6.07, 6.45) is -1.13. The number of amides is 2. The van der Waals surface area contributed by atoms with E-state index in [0.717, 1.165) is 23.1 Å². The van der Waals surface area contributed by atoms with E-state index in [9.17, 15) is 24.3 Å². The van der Waals surface area contributed by atoms with Crippen LogP contribution in [0.25, 0.3) is 0 Å². The van der Waals surface area contributed by atoms with Crippen molar-refractivity contribution in [1.82, 2.24) is 10.6 Å². The lowest BCUT2D eigenvalue weighted by molar-refractivity contribution is -0.150. The van der Waals surface area contributed by atoms with Crippen molar-refractivity contribution in [2.75, 3.05) is 26.3 Å². The molecule has 0 aliphatic carbocycles. The molecule has 0 aliphatic heterocycles. The van der Waals surface area contributed by atoms with Gasteiger partial charge in [0.2, 0.25) is 0 Å². The average molecular weight is 861 g/mol. The number of carboxylic acid groups (broad SMARTS) is 2. The van der Waals surface area contributed by atoms with Crippen molar-refractivity contribution in [3.63, 3.8) is 0 Å². The monoisotopic (exact) mass is 860 g/mol. The second-order valence-corrected chi connectivity index (χ2v) is 15.8. The summed E-state index contributed by atoms with van der Waals surface area (Å²) in [4.78, 5) is 47.0. The molecule has 0 spiro atoms. The predicted octanol–water partition coefficient (Wildman–Crippen LogP) is 7.64. The van der Waals surface area contributed by atoms with Crippen LogP contribution in [-0.4, -0.2) is 84.7 Å². The Morgan fingerprint density at radius 2 is 1.02 bits per heavy atom. The Balaban J connectivity index is 0.000000327. The number of carbonyl (C=O) groups is 4. The van der Waals surface area contributed by atoms with E-state index >= 15 is 0 Å². The molecular formula is C48H61ClN2O10. The fourth-order valence-corrected chi connectivity index (χ4v) is 6.23. The van der Waals surface area contributed by atoms with Crippen molar-refractivity contribution < 1.29 is 48.3 Å². The van der Waals surface area contributed by atoms with Crippen molar-refractivity contribution in [1.29, 1.82) is 0 Å². The molecular weight excluding hydrogens is 800 g/mol. The van der Waals surface area contributed by atoms with Crippen LogP contribution in [0.3, 0.4) is 0 Å². The molecule has 4 N–H and O–H groups in total. The van der Waals surface area contributed by atoms with E-state index in [1.807, 2.05) is 24.3 Å². The molecule has 0 saturated carbocycles. The molecule has 61 heavy (non-hydrogen) atoms. The van der Waals surface area contributed by atoms with Crippen LogP contribution in [0.2, 0.25) is 5.02 Å². The molecule has 0 fully saturated rings. The molecule has 330 valence electrons. The molecule has 0 aromatic heterocycles. The third-order valence-corrected chi connectivity index (χ3v) is 9.89. The lowest BCUT2D eigenvalue weighted by atomic mass is 9.86. The fraction of sp³-hybridized carbons (Fsp3) is 0.417. The molecule has 0 saturated heterocycles. The number of ether oxygens (including phenoxy) is 4. The van der Waals surface area contributed by atoms with Crippen molar-refractivity contribution in [2.24, 2.45) is 0 Å². The number of halogens is 1. The van der Waals surface area contributed by atoms with Gasteiger partial charge in [0.1, 0.15) is 11.5 Å². The van der Waals surface area contributed by atoms with Crippen LogP contribution in [0, 0.1) is 0 Å². The third-order valence-electron chi connectivity index (χ3n) is 9.52. The first-order chi connectivity index (χ1) is 29.0. The summed E-state index contributed by atoms with van der Waals surface area (Å²) >= 11 is 6.11. The van der Waals surface area contributed by atoms with Gasteiger partial charge in [0, 0.05) is 44.2 Å². The summed E-state index contributed by atoms with van der Waals surface area (Å²) in [5.41, 5.74) is 5.20. The van der Waals surface area contributed by atoms with E-state index in [0.29, 0.717) is 49.2 Å². The largest absolute Gasteiger partial charge is 0.481 e. The first kappa shape index (κ1) is 49.9. The molecule has 0 aliphatic rings. The highest BCUT2D eigenvalue weighted by atomic mass is 35.5. The van der Waals surface area contributed by atoms with Gasteiger partial charge in [0.05, 0.1) is 0 Å². The van der Waals surface area contributed by atoms with Gasteiger partial charge in [-0.3, -0.25) is 9.59 Å². The summed E-state index contributed by atoms with van der Waals surface area (Å²) in [5.74, 6) is -1.29. The minimum absolute atomic E-state index is 0.124. The van der Waals surface area contributed by atoms with Gasteiger partial charge in [-0.2, -0.15) is 0 Å². The quantitative estimate of drug-likeness (QED) is 0.0616. The average Bonchev–Trinajstić information content (AvgIpc) is 3.22. The zero-order chi connectivity index (χ0) is 45.0. The SMILES string of the molecule is CCOC(Cc1ccc(OC(C)C(=O)NCCc2ccc(C(C)(C)C)cc2)cc1)C(=O)O.CCO[C@@H](Cc1ccc(O[C@H](C)C(=O)NCCc2ccccc2Cl)cc1)C(=O)O. The van der Waals surface area contributed by atoms with Crippen LogP contribution < -0.4 is 20.1 Å². The lowest BCUT2D eigenvalue weighted by Crippen LogP contribution is -2.37. The van der Waals surface area contributed by atoms with Crippen LogP contribution in [0.1, 0.15) is 76.3 Å². The molecule has 13 heteroatoms. The minimum Gasteiger partial charge on any atom is -0.481 e. The Labute approximate surface area is 364 Å². The Hall–Kier alpha value is -5.43. The number of rotatable bonds is 22. The number of hydrogen-bond acceptors (Lipinski definition) is 8. The van der Waals surface area contributed by atoms with Crippen LogP contribution in [-0.2, 0) is 59.8 Å². The Kier molecular flexibility index (Phi) is 20.8. The number of aliphatic carboxylic acids is 2. The molecule has 0 bridgehead atoms. The molecule has 0 radical (unpaired) electrons. The molecule has 2 amide bonds. The summed E-state index contributed by atoms with van der Waals surface area (Å²) in [6.45, 7) is 15.1. The second kappa shape index (κ2) is 25.4. The number of carboxylic acids is 2. The zero-order valence-electron chi connectivity index (χ0n) is 36.2. The normalized spacial score (nSPS) is 13.0. The predicted molar refractivity (Wildman–Crippen MR) is 237 cm³/mol. The van der Waals surface area contributed by atoms with Crippen molar-refractivity contribution in [3.8, 4) is 11.5 Å². The van der Waals surface area contributed by atoms with Gasteiger partial charge >= 0.3 is 11.9 Å². The Morgan fingerprint density at radius 3 is 1.41 bits per heavy atom. The van der Waals surface area contributed by atoms with E-state index in [1.54, 1.807) is 76.2 Å². The highest BCUT2D eigenvalue weighted by Crippen LogP contribution is 2.23. The van der Waals surface area contributed by atoms with Crippen LogP contribution in [0.5, 0.6) is 11.5 Å². The Morgan fingerprint density at radius 1 is 0.607 bits per heavy atom. The molecule has 4 atom stereocenters. The standard InChI is InChI=1S/C26H35NO5.C22H26ClNO5/c1-6-31-23(25(29)30)17-20-9-13-22(14-10-20)32-18(2)24(28)27-16-15-19-7-11-21(12-8-19)26(3,4)5;1-3-28-20(22(26)27)14-16-8-10-18(11-9-16)29-15(2)21(25)24-13-12-17-6-4-5-7-19(17)23/h7-14,18,23H,6,15-17H2,1-5H3,(H,27,28)(H,29,30);4-11,15,20H,3,12-14H2,1-2H3,(H,24,25)(H,26,27)/t;15-,20+/m.1/s1. The van der Waals surface area contributed by atoms with Gasteiger partial charge in [-0.25, -0.2) is 9.59 Å². The first-order valence-electron chi connectivity index (χ1n) is 20.6. The van der Waals surface area contributed by atoms with Gasteiger partial charge in [-0.15, -0.1) is 0 Å². The molecule has 4 aromatic carbocycles. The zero-order valence-corrected chi connectivity index (χ0v) is 37.0. The van der Waals surface area contributed by atoms with Crippen molar-refractivity contribution in [3.05, 3.63) is 130 Å². The van der Waals surface area contributed by atoms with Crippen LogP contribution in [0.4, 0.5) is 0 Å². The molecule has 2 unspecified atom stereocenters. The number of hydrogen-bond donors (Lipinski definition) is 4. The lowest BCUT2D eigenvalue weighted by Gasteiger charge is -2.19. The third kappa shape index (κ3) is 18.0. The smallest absolute Gasteiger partial charge is 0.333 e. The maximum absolute atomic E-state index is 12.4. The highest BCUT2D eigenvalue weighted by molar-refractivity contribution is 6.31. The van der Waals surface area contributed by atoms with Gasteiger partial charge in [-0.05, 0) is 104 Å². The van der Waals surface area contributed by atoms with Crippen LogP contribution >= 0.6 is 11.6 Å². The highest BCUT2D eigenvalue weighted by Gasteiger charge is 2.20. The maximum Gasteiger partial charge on any atom is 0.333 e. The van der Waals surface area contributed by atoms with E-state index in [-0.39, 0.29) is 30.1 Å². The van der Waals surface area contributed by atoms with Gasteiger partial charge in [0.15, 0.2) is 24.4 Å². The summed E-state index contributed by atoms with van der Waals surface area (Å²) in [6, 6.07) is 30.0. The maximum atomic E-state index is 12.4. The number of nitrogens with one attached hydrogen (secondary N) is 2. The first-order valence-corrected chi connectivity index (χ1v) is 21.0. The van der Waals surface area contributed by atoms with Crippen molar-refractivity contribution in [2.45, 2.75) is 104 Å². The molecule has 0 heterocycles. The second-order valence-electron chi connectivity index (χ2n) is 15.4. The van der Waals surface area contributed by atoms with Gasteiger partial charge in [0.25, 0.3) is 11.8 Å². The molecule has 4 aromatic rings. The summed E-state index contributed by atoms with van der Waals surface area (Å²) in [5, 5.41) is 24.8. The van der Waals surface area contributed by atoms with E-state index in [4.69, 9.17) is 35.7 Å². The number of carbonyl (C=O) groups excluding carboxylic acids is 2. The van der Waals surface area contributed by atoms with E-state index in [1.165, 1.54) is 11.1 Å². The summed E-state index contributed by atoms with van der Waals surface area (Å²) < 4.78 is 21.9. The number of benzene rings is 4. The Bertz CT molecular complexity index is 1960. The fourth-order valence-electron chi connectivity index (χ4n) is 6.00. The minimum atomic E-state index is -0.991. The van der Waals surface area contributed by atoms with Gasteiger partial charge in [-0.1, -0.05) is 99.1 Å². The van der Waals surface area contributed by atoms with Crippen LogP contribution in [0.15, 0.2) is 97.1 Å². The van der Waals surface area contributed by atoms with E-state index in [2.05, 4.69) is 55.7 Å². The molecule has 12 nitrogen and oxygen atoms in total. The topological polar surface area (TPSA) is 170 Å². The van der Waals surface area contributed by atoms with Gasteiger partial charge < -0.3 is 39.8 Å². The summed E-state index contributed by atoms with van der Waals surface area (Å²) in [7, 11) is 0.